The van der Waals surface area contributed by atoms with Crippen LogP contribution in [-0.4, -0.2) is 17.7 Å². The lowest BCUT2D eigenvalue weighted by molar-refractivity contribution is -0.118. The highest BCUT2D eigenvalue weighted by atomic mass is 32.2. The van der Waals surface area contributed by atoms with E-state index < -0.39 is 0 Å². The van der Waals surface area contributed by atoms with E-state index in [1.807, 2.05) is 30.8 Å². The zero-order valence-corrected chi connectivity index (χ0v) is 11.2. The first kappa shape index (κ1) is 13.9. The number of anilines is 1. The minimum Gasteiger partial charge on any atom is -0.374 e. The Labute approximate surface area is 107 Å². The Hall–Kier alpha value is -1.16. The van der Waals surface area contributed by atoms with Crippen LogP contribution in [0.4, 0.5) is 5.69 Å². The third kappa shape index (κ3) is 4.69. The van der Waals surface area contributed by atoms with Crippen molar-refractivity contribution in [2.24, 2.45) is 5.73 Å². The third-order valence-electron chi connectivity index (χ3n) is 2.49. The Morgan fingerprint density at radius 1 is 1.47 bits per heavy atom. The molecule has 0 saturated carbocycles. The van der Waals surface area contributed by atoms with Crippen molar-refractivity contribution in [1.29, 1.82) is 0 Å². The molecule has 4 heteroatoms. The van der Waals surface area contributed by atoms with Crippen LogP contribution < -0.4 is 11.1 Å². The van der Waals surface area contributed by atoms with Gasteiger partial charge in [0.25, 0.3) is 0 Å². The lowest BCUT2D eigenvalue weighted by Crippen LogP contribution is -2.34. The van der Waals surface area contributed by atoms with Crippen LogP contribution in [0.15, 0.2) is 24.3 Å². The van der Waals surface area contributed by atoms with Crippen LogP contribution in [0.25, 0.3) is 0 Å². The van der Waals surface area contributed by atoms with E-state index in [-0.39, 0.29) is 11.9 Å². The topological polar surface area (TPSA) is 55.1 Å². The van der Waals surface area contributed by atoms with E-state index in [1.54, 1.807) is 0 Å². The molecule has 1 aromatic rings. The fourth-order valence-corrected chi connectivity index (χ4v) is 2.17. The maximum atomic E-state index is 11.1. The molecule has 3 nitrogen and oxygen atoms in total. The Morgan fingerprint density at radius 3 is 2.82 bits per heavy atom. The molecule has 0 heterocycles. The van der Waals surface area contributed by atoms with Gasteiger partial charge in [-0.2, -0.15) is 11.8 Å². The smallest absolute Gasteiger partial charge is 0.239 e. The first-order valence-corrected chi connectivity index (χ1v) is 7.05. The van der Waals surface area contributed by atoms with Crippen molar-refractivity contribution >= 4 is 23.4 Å². The van der Waals surface area contributed by atoms with E-state index in [0.717, 1.165) is 17.2 Å². The van der Waals surface area contributed by atoms with Crippen molar-refractivity contribution in [2.45, 2.75) is 32.1 Å². The number of carbonyl (C=O) groups excluding carboxylic acids is 1. The zero-order valence-electron chi connectivity index (χ0n) is 10.4. The first-order chi connectivity index (χ1) is 8.17. The monoisotopic (exact) mass is 252 g/mol. The average molecular weight is 252 g/mol. The molecule has 1 aromatic carbocycles. The zero-order chi connectivity index (χ0) is 12.7. The summed E-state index contributed by atoms with van der Waals surface area (Å²) >= 11 is 1.88. The summed E-state index contributed by atoms with van der Waals surface area (Å²) in [6, 6.07) is 7.85. The van der Waals surface area contributed by atoms with E-state index in [0.29, 0.717) is 6.42 Å². The normalized spacial score (nSPS) is 12.1. The molecule has 1 atom stereocenters. The van der Waals surface area contributed by atoms with E-state index in [2.05, 4.69) is 24.4 Å². The molecular weight excluding hydrogens is 232 g/mol. The Kier molecular flexibility index (Phi) is 5.91. The fourth-order valence-electron chi connectivity index (χ4n) is 1.55. The molecule has 0 unspecified atom stereocenters. The molecule has 94 valence electrons. The van der Waals surface area contributed by atoms with Crippen LogP contribution in [0.3, 0.4) is 0 Å². The van der Waals surface area contributed by atoms with Gasteiger partial charge in [0.15, 0.2) is 0 Å². The number of rotatable bonds is 7. The van der Waals surface area contributed by atoms with Gasteiger partial charge in [0.2, 0.25) is 5.91 Å². The fraction of sp³-hybridized carbons (Fsp3) is 0.462. The second-order valence-electron chi connectivity index (χ2n) is 3.85. The summed E-state index contributed by atoms with van der Waals surface area (Å²) < 4.78 is 0. The van der Waals surface area contributed by atoms with E-state index in [4.69, 9.17) is 5.73 Å². The molecule has 0 saturated heterocycles. The molecular formula is C13H20N2OS. The highest BCUT2D eigenvalue weighted by Gasteiger charge is 2.11. The lowest BCUT2D eigenvalue weighted by atomic mass is 10.1. The number of nitrogens with one attached hydrogen (secondary N) is 1. The molecule has 0 fully saturated rings. The molecule has 0 radical (unpaired) electrons. The summed E-state index contributed by atoms with van der Waals surface area (Å²) in [4.78, 5) is 11.1. The molecule has 0 aromatic heterocycles. The number of hydrogen-bond donors (Lipinski definition) is 2. The standard InChI is InChI=1S/C13H20N2OS/c1-3-12(13(14)16)15-11-7-5-6-10(8-11)9-17-4-2/h5-8,12,15H,3-4,9H2,1-2H3,(H2,14,16)/t12-/m0/s1. The summed E-state index contributed by atoms with van der Waals surface area (Å²) in [5.74, 6) is 1.80. The predicted molar refractivity (Wildman–Crippen MR) is 75.2 cm³/mol. The molecule has 0 aliphatic heterocycles. The summed E-state index contributed by atoms with van der Waals surface area (Å²) in [5, 5.41) is 3.16. The molecule has 1 amide bonds. The van der Waals surface area contributed by atoms with Gasteiger partial charge in [0.1, 0.15) is 6.04 Å². The summed E-state index contributed by atoms with van der Waals surface area (Å²) in [5.41, 5.74) is 7.54. The lowest BCUT2D eigenvalue weighted by Gasteiger charge is -2.15. The van der Waals surface area contributed by atoms with Gasteiger partial charge in [0, 0.05) is 11.4 Å². The second-order valence-corrected chi connectivity index (χ2v) is 5.12. The van der Waals surface area contributed by atoms with Crippen molar-refractivity contribution in [3.05, 3.63) is 29.8 Å². The van der Waals surface area contributed by atoms with Crippen molar-refractivity contribution in [2.75, 3.05) is 11.1 Å². The van der Waals surface area contributed by atoms with Crippen molar-refractivity contribution in [3.63, 3.8) is 0 Å². The minimum absolute atomic E-state index is 0.288. The Balaban J connectivity index is 2.67. The van der Waals surface area contributed by atoms with Crippen LogP contribution >= 0.6 is 11.8 Å². The van der Waals surface area contributed by atoms with Crippen LogP contribution in [0.5, 0.6) is 0 Å². The van der Waals surface area contributed by atoms with Gasteiger partial charge >= 0.3 is 0 Å². The van der Waals surface area contributed by atoms with Crippen LogP contribution in [0.1, 0.15) is 25.8 Å². The summed E-state index contributed by atoms with van der Waals surface area (Å²) in [6.45, 7) is 4.09. The maximum absolute atomic E-state index is 11.1. The van der Waals surface area contributed by atoms with E-state index in [1.165, 1.54) is 5.56 Å². The molecule has 17 heavy (non-hydrogen) atoms. The van der Waals surface area contributed by atoms with Gasteiger partial charge in [-0.15, -0.1) is 0 Å². The minimum atomic E-state index is -0.305. The van der Waals surface area contributed by atoms with Crippen LogP contribution in [0, 0.1) is 0 Å². The number of nitrogens with two attached hydrogens (primary N) is 1. The Bertz CT molecular complexity index is 368. The van der Waals surface area contributed by atoms with E-state index in [9.17, 15) is 4.79 Å². The predicted octanol–water partition coefficient (Wildman–Crippen LogP) is 2.62. The maximum Gasteiger partial charge on any atom is 0.239 e. The molecule has 0 aliphatic carbocycles. The van der Waals surface area contributed by atoms with Crippen molar-refractivity contribution in [1.82, 2.24) is 0 Å². The van der Waals surface area contributed by atoms with Gasteiger partial charge in [-0.3, -0.25) is 4.79 Å². The van der Waals surface area contributed by atoms with Crippen molar-refractivity contribution < 1.29 is 4.79 Å². The quantitative estimate of drug-likeness (QED) is 0.784. The number of hydrogen-bond acceptors (Lipinski definition) is 3. The second kappa shape index (κ2) is 7.22. The number of amides is 1. The third-order valence-corrected chi connectivity index (χ3v) is 3.44. The number of benzene rings is 1. The SMILES string of the molecule is CCSCc1cccc(N[C@@H](CC)C(N)=O)c1. The average Bonchev–Trinajstić information content (AvgIpc) is 2.33. The molecule has 0 bridgehead atoms. The van der Waals surface area contributed by atoms with Gasteiger partial charge in [-0.25, -0.2) is 0 Å². The number of carbonyl (C=O) groups is 1. The van der Waals surface area contributed by atoms with Gasteiger partial charge in [-0.1, -0.05) is 26.0 Å². The Morgan fingerprint density at radius 2 is 2.24 bits per heavy atom. The first-order valence-electron chi connectivity index (χ1n) is 5.89. The van der Waals surface area contributed by atoms with Crippen LogP contribution in [0.2, 0.25) is 0 Å². The molecule has 0 spiro atoms. The van der Waals surface area contributed by atoms with Gasteiger partial charge < -0.3 is 11.1 Å². The summed E-state index contributed by atoms with van der Waals surface area (Å²) in [7, 11) is 0. The van der Waals surface area contributed by atoms with E-state index >= 15 is 0 Å². The largest absolute Gasteiger partial charge is 0.374 e. The van der Waals surface area contributed by atoms with Crippen molar-refractivity contribution in [3.8, 4) is 0 Å². The van der Waals surface area contributed by atoms with Crippen LogP contribution in [-0.2, 0) is 10.5 Å². The highest BCUT2D eigenvalue weighted by molar-refractivity contribution is 7.98. The van der Waals surface area contributed by atoms with Gasteiger partial charge in [-0.05, 0) is 29.9 Å². The number of primary amides is 1. The molecule has 0 aliphatic rings. The molecule has 3 N–H and O–H groups in total. The molecule has 1 rings (SSSR count). The highest BCUT2D eigenvalue weighted by Crippen LogP contribution is 2.17. The number of thioether (sulfide) groups is 1. The summed E-state index contributed by atoms with van der Waals surface area (Å²) in [6.07, 6.45) is 0.698. The van der Waals surface area contributed by atoms with Gasteiger partial charge in [0.05, 0.1) is 0 Å².